The fourth-order valence-corrected chi connectivity index (χ4v) is 1.91. The molecule has 0 saturated carbocycles. The zero-order chi connectivity index (χ0) is 16.9. The summed E-state index contributed by atoms with van der Waals surface area (Å²) in [4.78, 5) is 21.0. The number of amides is 1. The molecule has 1 aromatic rings. The average Bonchev–Trinajstić information content (AvgIpc) is 2.45. The third kappa shape index (κ3) is 4.30. The molecular weight excluding hydrogens is 294 g/mol. The number of nitro groups is 1. The Labute approximate surface area is 126 Å². The number of carbonyl (C=O) groups excluding carboxylic acids is 1. The van der Waals surface area contributed by atoms with E-state index in [9.17, 15) is 25.1 Å². The first kappa shape index (κ1) is 17.7. The van der Waals surface area contributed by atoms with Crippen LogP contribution in [0.2, 0.25) is 0 Å². The van der Waals surface area contributed by atoms with Crippen LogP contribution in [0.4, 0.5) is 11.4 Å². The molecule has 2 atom stereocenters. The Balaban J connectivity index is 3.00. The van der Waals surface area contributed by atoms with Gasteiger partial charge in [-0.15, -0.1) is 0 Å². The van der Waals surface area contributed by atoms with Crippen LogP contribution >= 0.6 is 0 Å². The summed E-state index contributed by atoms with van der Waals surface area (Å²) < 4.78 is 4.93. The van der Waals surface area contributed by atoms with Gasteiger partial charge in [-0.25, -0.2) is 0 Å². The fourth-order valence-electron chi connectivity index (χ4n) is 1.91. The van der Waals surface area contributed by atoms with E-state index in [0.717, 1.165) is 6.07 Å². The van der Waals surface area contributed by atoms with Gasteiger partial charge in [-0.2, -0.15) is 0 Å². The number of nitro benzene ring substituents is 1. The smallest absolute Gasteiger partial charge is 0.296 e. The molecule has 9 nitrogen and oxygen atoms in total. The summed E-state index contributed by atoms with van der Waals surface area (Å²) >= 11 is 0. The molecule has 0 aliphatic heterocycles. The number of anilines is 1. The summed E-state index contributed by atoms with van der Waals surface area (Å²) in [5, 5.41) is 33.5. The zero-order valence-corrected chi connectivity index (χ0v) is 12.3. The molecular formula is C13H19N3O6. The number of nitrogens with zero attached hydrogens (tertiary/aromatic N) is 1. The van der Waals surface area contributed by atoms with E-state index in [1.807, 2.05) is 0 Å². The van der Waals surface area contributed by atoms with Crippen molar-refractivity contribution < 1.29 is 24.7 Å². The second kappa shape index (κ2) is 7.57. The van der Waals surface area contributed by atoms with Crippen molar-refractivity contribution in [2.45, 2.75) is 25.6 Å². The lowest BCUT2D eigenvalue weighted by molar-refractivity contribution is -0.384. The first-order valence-corrected chi connectivity index (χ1v) is 6.50. The van der Waals surface area contributed by atoms with Crippen molar-refractivity contribution in [2.75, 3.05) is 19.4 Å². The maximum absolute atomic E-state index is 11.0. The second-order valence-electron chi connectivity index (χ2n) is 4.69. The number of aliphatic hydroxyl groups excluding tert-OH is 2. The van der Waals surface area contributed by atoms with Gasteiger partial charge in [-0.1, -0.05) is 0 Å². The van der Waals surface area contributed by atoms with Crippen LogP contribution < -0.4 is 15.8 Å². The van der Waals surface area contributed by atoms with Crippen molar-refractivity contribution in [1.82, 2.24) is 5.32 Å². The number of ether oxygens (including phenoxy) is 1. The Hall–Kier alpha value is -2.39. The molecule has 0 aromatic heterocycles. The van der Waals surface area contributed by atoms with Gasteiger partial charge >= 0.3 is 0 Å². The predicted octanol–water partition coefficient (Wildman–Crippen LogP) is 0.106. The van der Waals surface area contributed by atoms with Crippen LogP contribution in [0.25, 0.3) is 0 Å². The van der Waals surface area contributed by atoms with Gasteiger partial charge in [0.05, 0.1) is 24.2 Å². The van der Waals surface area contributed by atoms with Gasteiger partial charge in [-0.3, -0.25) is 14.9 Å². The third-order valence-electron chi connectivity index (χ3n) is 3.09. The molecule has 9 heteroatoms. The molecule has 0 spiro atoms. The van der Waals surface area contributed by atoms with Crippen molar-refractivity contribution in [3.63, 3.8) is 0 Å². The topological polar surface area (TPSA) is 148 Å². The third-order valence-corrected chi connectivity index (χ3v) is 3.09. The molecule has 0 aliphatic rings. The Morgan fingerprint density at radius 2 is 2.14 bits per heavy atom. The lowest BCUT2D eigenvalue weighted by atomic mass is 9.99. The zero-order valence-electron chi connectivity index (χ0n) is 12.3. The maximum Gasteiger partial charge on any atom is 0.296 e. The van der Waals surface area contributed by atoms with Gasteiger partial charge in [0.1, 0.15) is 17.5 Å². The number of nitrogens with two attached hydrogens (primary N) is 1. The van der Waals surface area contributed by atoms with E-state index in [2.05, 4.69) is 5.32 Å². The van der Waals surface area contributed by atoms with Crippen molar-refractivity contribution in [3.05, 3.63) is 27.8 Å². The number of hydrogen-bond acceptors (Lipinski definition) is 7. The lowest BCUT2D eigenvalue weighted by Gasteiger charge is -2.20. The van der Waals surface area contributed by atoms with Gasteiger partial charge in [0, 0.05) is 19.0 Å². The molecule has 0 bridgehead atoms. The van der Waals surface area contributed by atoms with Gasteiger partial charge in [-0.05, 0) is 12.5 Å². The number of nitrogen functional groups attached to an aromatic ring is 1. The van der Waals surface area contributed by atoms with E-state index < -0.39 is 22.8 Å². The molecule has 0 aliphatic carbocycles. The van der Waals surface area contributed by atoms with E-state index in [-0.39, 0.29) is 35.9 Å². The van der Waals surface area contributed by atoms with Gasteiger partial charge in [0.25, 0.3) is 5.69 Å². The molecule has 5 N–H and O–H groups in total. The summed E-state index contributed by atoms with van der Waals surface area (Å²) in [7, 11) is 1.32. The SMILES string of the molecule is COc1cc(C(O)C(O)CCNC(C)=O)c(N)c([N+](=O)[O-])c1. The average molecular weight is 313 g/mol. The Morgan fingerprint density at radius 3 is 2.64 bits per heavy atom. The minimum absolute atomic E-state index is 0.00127. The first-order valence-electron chi connectivity index (χ1n) is 6.50. The Morgan fingerprint density at radius 1 is 1.50 bits per heavy atom. The van der Waals surface area contributed by atoms with E-state index in [4.69, 9.17) is 10.5 Å². The number of aliphatic hydroxyl groups is 2. The van der Waals surface area contributed by atoms with Gasteiger partial charge in [0.15, 0.2) is 0 Å². The summed E-state index contributed by atoms with van der Waals surface area (Å²) in [6.07, 6.45) is -2.63. The van der Waals surface area contributed by atoms with Gasteiger partial charge in [0.2, 0.25) is 5.91 Å². The molecule has 122 valence electrons. The Kier molecular flexibility index (Phi) is 6.08. The van der Waals surface area contributed by atoms with Crippen LogP contribution in [-0.2, 0) is 4.79 Å². The highest BCUT2D eigenvalue weighted by molar-refractivity contribution is 5.72. The minimum Gasteiger partial charge on any atom is -0.496 e. The highest BCUT2D eigenvalue weighted by Crippen LogP contribution is 2.35. The van der Waals surface area contributed by atoms with Crippen molar-refractivity contribution in [2.24, 2.45) is 0 Å². The van der Waals surface area contributed by atoms with Crippen molar-refractivity contribution in [1.29, 1.82) is 0 Å². The highest BCUT2D eigenvalue weighted by Gasteiger charge is 2.26. The van der Waals surface area contributed by atoms with Crippen molar-refractivity contribution >= 4 is 17.3 Å². The fraction of sp³-hybridized carbons (Fsp3) is 0.462. The molecule has 2 unspecified atom stereocenters. The number of rotatable bonds is 7. The maximum atomic E-state index is 11.0. The minimum atomic E-state index is -1.44. The van der Waals surface area contributed by atoms with Crippen LogP contribution in [0, 0.1) is 10.1 Å². The highest BCUT2D eigenvalue weighted by atomic mass is 16.6. The number of carbonyl (C=O) groups is 1. The van der Waals surface area contributed by atoms with E-state index in [0.29, 0.717) is 0 Å². The molecule has 1 aromatic carbocycles. The molecule has 0 heterocycles. The number of nitrogens with one attached hydrogen (secondary N) is 1. The van der Waals surface area contributed by atoms with E-state index in [1.165, 1.54) is 20.1 Å². The van der Waals surface area contributed by atoms with Crippen LogP contribution in [0.5, 0.6) is 5.75 Å². The second-order valence-corrected chi connectivity index (χ2v) is 4.69. The Bertz CT molecular complexity index is 563. The number of methoxy groups -OCH3 is 1. The molecule has 1 amide bonds. The van der Waals surface area contributed by atoms with Crippen LogP contribution in [-0.4, -0.2) is 40.8 Å². The largest absolute Gasteiger partial charge is 0.496 e. The lowest BCUT2D eigenvalue weighted by Crippen LogP contribution is -2.28. The molecule has 1 rings (SSSR count). The van der Waals surface area contributed by atoms with Crippen LogP contribution in [0.3, 0.4) is 0 Å². The molecule has 0 radical (unpaired) electrons. The quantitative estimate of drug-likeness (QED) is 0.317. The van der Waals surface area contributed by atoms with Crippen molar-refractivity contribution in [3.8, 4) is 5.75 Å². The summed E-state index contributed by atoms with van der Waals surface area (Å²) in [5.74, 6) is -0.123. The molecule has 22 heavy (non-hydrogen) atoms. The van der Waals surface area contributed by atoms with E-state index in [1.54, 1.807) is 0 Å². The van der Waals surface area contributed by atoms with Crippen LogP contribution in [0.15, 0.2) is 12.1 Å². The summed E-state index contributed by atoms with van der Waals surface area (Å²) in [5.41, 5.74) is 5.03. The standard InChI is InChI=1S/C13H19N3O6/c1-7(17)15-4-3-11(18)13(19)9-5-8(22-2)6-10(12(9)14)16(20)21/h5-6,11,13,18-19H,3-4,14H2,1-2H3,(H,15,17). The number of benzene rings is 1. The molecule has 0 saturated heterocycles. The monoisotopic (exact) mass is 313 g/mol. The van der Waals surface area contributed by atoms with E-state index >= 15 is 0 Å². The van der Waals surface area contributed by atoms with Gasteiger partial charge < -0.3 is 26.0 Å². The predicted molar refractivity (Wildman–Crippen MR) is 78.3 cm³/mol. The van der Waals surface area contributed by atoms with Crippen LogP contribution in [0.1, 0.15) is 25.0 Å². The summed E-state index contributed by atoms with van der Waals surface area (Å²) in [6.45, 7) is 1.48. The number of hydrogen-bond donors (Lipinski definition) is 4. The molecule has 0 fully saturated rings. The first-order chi connectivity index (χ1) is 10.3. The normalized spacial score (nSPS) is 13.3. The summed E-state index contributed by atoms with van der Waals surface area (Å²) in [6, 6.07) is 2.46.